The summed E-state index contributed by atoms with van der Waals surface area (Å²) >= 11 is 1.43. The smallest absolute Gasteiger partial charge is 0.266 e. The lowest BCUT2D eigenvalue weighted by Gasteiger charge is -2.06. The lowest BCUT2D eigenvalue weighted by molar-refractivity contribution is 0.103. The van der Waals surface area contributed by atoms with E-state index in [1.165, 1.54) is 11.3 Å². The van der Waals surface area contributed by atoms with Crippen molar-refractivity contribution in [2.24, 2.45) is 10.9 Å². The Morgan fingerprint density at radius 1 is 1.35 bits per heavy atom. The third-order valence-corrected chi connectivity index (χ3v) is 3.84. The van der Waals surface area contributed by atoms with E-state index in [9.17, 15) is 4.79 Å². The van der Waals surface area contributed by atoms with Gasteiger partial charge in [-0.1, -0.05) is 12.1 Å². The van der Waals surface area contributed by atoms with E-state index in [4.69, 9.17) is 10.9 Å². The number of rotatable bonds is 4. The van der Waals surface area contributed by atoms with Crippen molar-refractivity contribution in [3.63, 3.8) is 0 Å². The normalized spacial score (nSPS) is 11.3. The molecule has 6 heteroatoms. The van der Waals surface area contributed by atoms with Gasteiger partial charge in [0.1, 0.15) is 0 Å². The van der Waals surface area contributed by atoms with Gasteiger partial charge in [-0.3, -0.25) is 4.79 Å². The molecule has 0 aliphatic rings. The Hall–Kier alpha value is -2.34. The zero-order valence-electron chi connectivity index (χ0n) is 11.0. The number of hydrogen-bond acceptors (Lipinski definition) is 4. The number of carbonyl (C=O) groups is 1. The van der Waals surface area contributed by atoms with Crippen LogP contribution in [0.3, 0.4) is 0 Å². The molecule has 1 aromatic carbocycles. The van der Waals surface area contributed by atoms with Gasteiger partial charge in [0.2, 0.25) is 0 Å². The molecule has 0 bridgehead atoms. The maximum absolute atomic E-state index is 12.1. The molecule has 0 saturated carbocycles. The van der Waals surface area contributed by atoms with Crippen molar-refractivity contribution >= 4 is 28.8 Å². The number of nitrogens with one attached hydrogen (secondary N) is 1. The molecule has 0 saturated heterocycles. The third-order valence-electron chi connectivity index (χ3n) is 2.88. The highest BCUT2D eigenvalue weighted by Gasteiger charge is 2.12. The van der Waals surface area contributed by atoms with Crippen molar-refractivity contribution in [2.75, 3.05) is 5.32 Å². The summed E-state index contributed by atoms with van der Waals surface area (Å²) in [6.07, 6.45) is 0.828. The van der Waals surface area contributed by atoms with Crippen molar-refractivity contribution in [1.82, 2.24) is 0 Å². The Balaban J connectivity index is 2.12. The molecule has 1 heterocycles. The molecule has 1 amide bonds. The molecule has 0 aliphatic carbocycles. The first-order valence-corrected chi connectivity index (χ1v) is 6.99. The monoisotopic (exact) mass is 289 g/mol. The van der Waals surface area contributed by atoms with Gasteiger partial charge in [0.05, 0.1) is 4.88 Å². The second kappa shape index (κ2) is 6.21. The quantitative estimate of drug-likeness (QED) is 0.350. The molecule has 0 unspecified atom stereocenters. The fourth-order valence-electron chi connectivity index (χ4n) is 1.78. The van der Waals surface area contributed by atoms with Crippen LogP contribution in [-0.4, -0.2) is 17.0 Å². The van der Waals surface area contributed by atoms with E-state index in [-0.39, 0.29) is 11.7 Å². The lowest BCUT2D eigenvalue weighted by Crippen LogP contribution is -2.14. The minimum absolute atomic E-state index is 0.0365. The van der Waals surface area contributed by atoms with Gasteiger partial charge >= 0.3 is 0 Å². The molecular weight excluding hydrogens is 274 g/mol. The van der Waals surface area contributed by atoms with Crippen LogP contribution in [-0.2, 0) is 6.42 Å². The van der Waals surface area contributed by atoms with Gasteiger partial charge in [0.15, 0.2) is 5.84 Å². The summed E-state index contributed by atoms with van der Waals surface area (Å²) in [4.78, 5) is 12.9. The van der Waals surface area contributed by atoms with Crippen molar-refractivity contribution < 1.29 is 10.0 Å². The zero-order chi connectivity index (χ0) is 14.5. The van der Waals surface area contributed by atoms with Crippen LogP contribution >= 0.6 is 11.3 Å². The molecule has 1 aromatic heterocycles. The molecule has 20 heavy (non-hydrogen) atoms. The molecule has 2 rings (SSSR count). The maximum Gasteiger partial charge on any atom is 0.266 e. The third kappa shape index (κ3) is 2.97. The topological polar surface area (TPSA) is 87.7 Å². The van der Waals surface area contributed by atoms with Gasteiger partial charge < -0.3 is 16.3 Å². The first-order valence-electron chi connectivity index (χ1n) is 6.11. The summed E-state index contributed by atoms with van der Waals surface area (Å²) in [7, 11) is 0. The number of amidine groups is 1. The SMILES string of the molecule is CCc1ccsc1C(=O)Nc1ccc(/C(N)=N/O)cc1. The van der Waals surface area contributed by atoms with Crippen LogP contribution in [0.5, 0.6) is 0 Å². The lowest BCUT2D eigenvalue weighted by atomic mass is 10.2. The van der Waals surface area contributed by atoms with E-state index < -0.39 is 0 Å². The molecule has 4 N–H and O–H groups in total. The van der Waals surface area contributed by atoms with E-state index in [0.29, 0.717) is 11.3 Å². The van der Waals surface area contributed by atoms with Crippen LogP contribution in [0.1, 0.15) is 27.7 Å². The van der Waals surface area contributed by atoms with Crippen molar-refractivity contribution in [2.45, 2.75) is 13.3 Å². The van der Waals surface area contributed by atoms with Crippen LogP contribution in [0.25, 0.3) is 0 Å². The fraction of sp³-hybridized carbons (Fsp3) is 0.143. The van der Waals surface area contributed by atoms with Crippen LogP contribution < -0.4 is 11.1 Å². The molecule has 104 valence electrons. The highest BCUT2D eigenvalue weighted by atomic mass is 32.1. The molecule has 5 nitrogen and oxygen atoms in total. The Bertz CT molecular complexity index is 632. The van der Waals surface area contributed by atoms with Crippen LogP contribution in [0.15, 0.2) is 40.9 Å². The number of amides is 1. The molecule has 0 fully saturated rings. The molecule has 2 aromatic rings. The van der Waals surface area contributed by atoms with Gasteiger partial charge in [-0.2, -0.15) is 0 Å². The molecular formula is C14H15N3O2S. The average molecular weight is 289 g/mol. The number of anilines is 1. The number of oxime groups is 1. The molecule has 0 spiro atoms. The van der Waals surface area contributed by atoms with Crippen LogP contribution in [0.2, 0.25) is 0 Å². The van der Waals surface area contributed by atoms with E-state index in [1.807, 2.05) is 18.4 Å². The standard InChI is InChI=1S/C14H15N3O2S/c1-2-9-7-8-20-12(9)14(18)16-11-5-3-10(4-6-11)13(15)17-19/h3-8,19H,2H2,1H3,(H2,15,17)(H,16,18). The highest BCUT2D eigenvalue weighted by Crippen LogP contribution is 2.19. The Morgan fingerprint density at radius 2 is 2.05 bits per heavy atom. The number of hydrogen-bond donors (Lipinski definition) is 3. The summed E-state index contributed by atoms with van der Waals surface area (Å²) in [5.41, 5.74) is 7.78. The number of thiophene rings is 1. The number of nitrogens with two attached hydrogens (primary N) is 1. The summed E-state index contributed by atoms with van der Waals surface area (Å²) in [6.45, 7) is 2.02. The van der Waals surface area contributed by atoms with E-state index in [2.05, 4.69) is 10.5 Å². The Kier molecular flexibility index (Phi) is 4.37. The summed E-state index contributed by atoms with van der Waals surface area (Å²) < 4.78 is 0. The first kappa shape index (κ1) is 14.1. The van der Waals surface area contributed by atoms with Crippen LogP contribution in [0.4, 0.5) is 5.69 Å². The maximum atomic E-state index is 12.1. The number of benzene rings is 1. The Morgan fingerprint density at radius 3 is 2.65 bits per heavy atom. The largest absolute Gasteiger partial charge is 0.409 e. The summed E-state index contributed by atoms with van der Waals surface area (Å²) in [5, 5.41) is 16.2. The number of carbonyl (C=O) groups excluding carboxylic acids is 1. The van der Waals surface area contributed by atoms with Gasteiger partial charge in [-0.05, 0) is 47.7 Å². The fourth-order valence-corrected chi connectivity index (χ4v) is 2.67. The number of aryl methyl sites for hydroxylation is 1. The zero-order valence-corrected chi connectivity index (χ0v) is 11.8. The number of nitrogens with zero attached hydrogens (tertiary/aromatic N) is 1. The van der Waals surface area contributed by atoms with E-state index in [1.54, 1.807) is 24.3 Å². The van der Waals surface area contributed by atoms with Gasteiger partial charge in [0.25, 0.3) is 5.91 Å². The molecule has 0 radical (unpaired) electrons. The van der Waals surface area contributed by atoms with E-state index in [0.717, 1.165) is 16.9 Å². The van der Waals surface area contributed by atoms with Crippen LogP contribution in [0, 0.1) is 0 Å². The van der Waals surface area contributed by atoms with E-state index >= 15 is 0 Å². The van der Waals surface area contributed by atoms with Crippen molar-refractivity contribution in [1.29, 1.82) is 0 Å². The van der Waals surface area contributed by atoms with Gasteiger partial charge in [-0.25, -0.2) is 0 Å². The average Bonchev–Trinajstić information content (AvgIpc) is 2.95. The second-order valence-electron chi connectivity index (χ2n) is 4.15. The second-order valence-corrected chi connectivity index (χ2v) is 5.06. The highest BCUT2D eigenvalue weighted by molar-refractivity contribution is 7.12. The molecule has 0 atom stereocenters. The summed E-state index contributed by atoms with van der Waals surface area (Å²) in [5.74, 6) is -0.0807. The Labute approximate surface area is 120 Å². The predicted octanol–water partition coefficient (Wildman–Crippen LogP) is 2.66. The van der Waals surface area contributed by atoms with Crippen molar-refractivity contribution in [3.8, 4) is 0 Å². The van der Waals surface area contributed by atoms with Crippen molar-refractivity contribution in [3.05, 3.63) is 51.7 Å². The minimum atomic E-state index is -0.117. The van der Waals surface area contributed by atoms with Gasteiger partial charge in [0, 0.05) is 11.3 Å². The first-order chi connectivity index (χ1) is 9.65. The van der Waals surface area contributed by atoms with Gasteiger partial charge in [-0.15, -0.1) is 11.3 Å². The molecule has 0 aliphatic heterocycles. The summed E-state index contributed by atoms with van der Waals surface area (Å²) in [6, 6.07) is 8.75. The minimum Gasteiger partial charge on any atom is -0.409 e. The predicted molar refractivity (Wildman–Crippen MR) is 80.6 cm³/mol.